The van der Waals surface area contributed by atoms with Gasteiger partial charge in [-0.25, -0.2) is 0 Å². The normalized spacial score (nSPS) is 24.2. The first-order chi connectivity index (χ1) is 18.2. The van der Waals surface area contributed by atoms with E-state index in [0.717, 1.165) is 11.1 Å². The molecule has 3 amide bonds. The molecule has 0 saturated carbocycles. The summed E-state index contributed by atoms with van der Waals surface area (Å²) < 4.78 is 34.8. The van der Waals surface area contributed by atoms with Crippen molar-refractivity contribution in [1.29, 1.82) is 0 Å². The molecule has 5 rings (SSSR count). The molecule has 3 saturated heterocycles. The molecule has 4 aliphatic rings. The standard InChI is InChI=1S/C26H33N5O6S/c27-20-7-11-29(12-8-20)38(35,36)30-13-9-21(10-14-30)37-15-1-2-18-3-4-22-19(16-18)17-31(26(22)34)23-5-6-24(32)28-25(23)33/h3-4,16,20-21,23H,5-15,17,27H2,(H,28,32,33). The minimum Gasteiger partial charge on any atom is -0.365 e. The highest BCUT2D eigenvalue weighted by Crippen LogP contribution is 2.28. The van der Waals surface area contributed by atoms with Gasteiger partial charge in [-0.05, 0) is 55.9 Å². The van der Waals surface area contributed by atoms with Crippen molar-refractivity contribution < 1.29 is 27.5 Å². The van der Waals surface area contributed by atoms with Crippen LogP contribution in [0, 0.1) is 11.8 Å². The van der Waals surface area contributed by atoms with Gasteiger partial charge in [0.05, 0.1) is 6.10 Å². The van der Waals surface area contributed by atoms with Gasteiger partial charge < -0.3 is 15.4 Å². The first kappa shape index (κ1) is 26.8. The van der Waals surface area contributed by atoms with E-state index in [4.69, 9.17) is 10.5 Å². The molecular formula is C26H33N5O6S. The molecule has 11 nitrogen and oxygen atoms in total. The number of rotatable bonds is 5. The number of carbonyl (C=O) groups excluding carboxylic acids is 3. The number of nitrogens with two attached hydrogens (primary N) is 1. The molecule has 38 heavy (non-hydrogen) atoms. The zero-order valence-corrected chi connectivity index (χ0v) is 22.0. The number of hydrogen-bond donors (Lipinski definition) is 2. The van der Waals surface area contributed by atoms with Crippen LogP contribution in [0.4, 0.5) is 0 Å². The number of benzene rings is 1. The van der Waals surface area contributed by atoms with E-state index in [1.807, 2.05) is 6.07 Å². The summed E-state index contributed by atoms with van der Waals surface area (Å²) in [6, 6.07) is 4.78. The van der Waals surface area contributed by atoms with E-state index < -0.39 is 22.2 Å². The number of nitrogens with zero attached hydrogens (tertiary/aromatic N) is 3. The van der Waals surface area contributed by atoms with E-state index >= 15 is 0 Å². The maximum absolute atomic E-state index is 12.9. The number of fused-ring (bicyclic) bond motifs is 1. The average Bonchev–Trinajstić information content (AvgIpc) is 3.22. The van der Waals surface area contributed by atoms with Crippen LogP contribution in [0.15, 0.2) is 18.2 Å². The first-order valence-electron chi connectivity index (χ1n) is 13.1. The first-order valence-corrected chi connectivity index (χ1v) is 14.5. The van der Waals surface area contributed by atoms with Crippen molar-refractivity contribution in [2.45, 2.75) is 63.3 Å². The molecule has 0 radical (unpaired) electrons. The van der Waals surface area contributed by atoms with Gasteiger partial charge in [-0.1, -0.05) is 11.8 Å². The van der Waals surface area contributed by atoms with Crippen LogP contribution >= 0.6 is 0 Å². The van der Waals surface area contributed by atoms with Gasteiger partial charge in [-0.3, -0.25) is 19.7 Å². The quantitative estimate of drug-likeness (QED) is 0.392. The molecule has 4 aliphatic heterocycles. The number of hydrogen-bond acceptors (Lipinski definition) is 7. The Morgan fingerprint density at radius 3 is 2.37 bits per heavy atom. The third kappa shape index (κ3) is 5.62. The monoisotopic (exact) mass is 543 g/mol. The molecule has 204 valence electrons. The second-order valence-electron chi connectivity index (χ2n) is 10.2. The third-order valence-electron chi connectivity index (χ3n) is 7.70. The summed E-state index contributed by atoms with van der Waals surface area (Å²) in [6.45, 7) is 2.32. The van der Waals surface area contributed by atoms with Crippen molar-refractivity contribution in [2.24, 2.45) is 5.73 Å². The molecule has 3 fully saturated rings. The minimum atomic E-state index is -3.46. The predicted molar refractivity (Wildman–Crippen MR) is 138 cm³/mol. The second-order valence-corrected chi connectivity index (χ2v) is 12.2. The van der Waals surface area contributed by atoms with E-state index in [1.54, 1.807) is 16.4 Å². The van der Waals surface area contributed by atoms with Gasteiger partial charge in [0.25, 0.3) is 16.1 Å². The van der Waals surface area contributed by atoms with Crippen molar-refractivity contribution in [3.05, 3.63) is 34.9 Å². The fraction of sp³-hybridized carbons (Fsp3) is 0.577. The van der Waals surface area contributed by atoms with Crippen molar-refractivity contribution in [1.82, 2.24) is 18.8 Å². The topological polar surface area (TPSA) is 142 Å². The van der Waals surface area contributed by atoms with Gasteiger partial charge in [-0.2, -0.15) is 17.0 Å². The Hall–Kier alpha value is -2.82. The van der Waals surface area contributed by atoms with Crippen LogP contribution in [-0.2, 0) is 31.1 Å². The lowest BCUT2D eigenvalue weighted by atomic mass is 10.0. The van der Waals surface area contributed by atoms with E-state index in [1.165, 1.54) is 9.21 Å². The van der Waals surface area contributed by atoms with Crippen LogP contribution in [0.2, 0.25) is 0 Å². The Balaban J connectivity index is 1.10. The van der Waals surface area contributed by atoms with Crippen molar-refractivity contribution in [3.8, 4) is 11.8 Å². The fourth-order valence-corrected chi connectivity index (χ4v) is 7.12. The van der Waals surface area contributed by atoms with Crippen LogP contribution < -0.4 is 11.1 Å². The molecule has 0 aromatic heterocycles. The Labute approximate surface area is 222 Å². The fourth-order valence-electron chi connectivity index (χ4n) is 5.45. The van der Waals surface area contributed by atoms with Crippen LogP contribution in [0.5, 0.6) is 0 Å². The van der Waals surface area contributed by atoms with Gasteiger partial charge in [0, 0.05) is 56.3 Å². The van der Waals surface area contributed by atoms with Crippen LogP contribution in [0.1, 0.15) is 60.0 Å². The molecule has 3 N–H and O–H groups in total. The molecule has 1 unspecified atom stereocenters. The Morgan fingerprint density at radius 2 is 1.68 bits per heavy atom. The summed E-state index contributed by atoms with van der Waals surface area (Å²) in [5.41, 5.74) is 7.99. The van der Waals surface area contributed by atoms with Crippen LogP contribution in [-0.4, -0.2) is 90.6 Å². The number of ether oxygens (including phenoxy) is 1. The molecular weight excluding hydrogens is 510 g/mol. The largest absolute Gasteiger partial charge is 0.365 e. The Bertz CT molecular complexity index is 1270. The van der Waals surface area contributed by atoms with Crippen molar-refractivity contribution >= 4 is 27.9 Å². The van der Waals surface area contributed by atoms with Crippen molar-refractivity contribution in [2.75, 3.05) is 32.8 Å². The Morgan fingerprint density at radius 1 is 1.00 bits per heavy atom. The second kappa shape index (κ2) is 11.1. The van der Waals surface area contributed by atoms with Gasteiger partial charge in [0.2, 0.25) is 11.8 Å². The minimum absolute atomic E-state index is 0.0507. The molecule has 12 heteroatoms. The predicted octanol–water partition coefficient (Wildman–Crippen LogP) is -0.0520. The number of imide groups is 1. The molecule has 0 aliphatic carbocycles. The molecule has 1 atom stereocenters. The van der Waals surface area contributed by atoms with E-state index in [2.05, 4.69) is 17.2 Å². The van der Waals surface area contributed by atoms with Gasteiger partial charge in [0.1, 0.15) is 12.6 Å². The smallest absolute Gasteiger partial charge is 0.281 e. The maximum atomic E-state index is 12.9. The summed E-state index contributed by atoms with van der Waals surface area (Å²) in [6.07, 6.45) is 3.11. The number of nitrogens with one attached hydrogen (secondary N) is 1. The van der Waals surface area contributed by atoms with E-state index in [9.17, 15) is 22.8 Å². The van der Waals surface area contributed by atoms with Gasteiger partial charge in [-0.15, -0.1) is 0 Å². The molecule has 1 aromatic carbocycles. The summed E-state index contributed by atoms with van der Waals surface area (Å²) in [5.74, 6) is 5.12. The lowest BCUT2D eigenvalue weighted by Crippen LogP contribution is -2.52. The van der Waals surface area contributed by atoms with Crippen LogP contribution in [0.25, 0.3) is 0 Å². The number of piperidine rings is 3. The SMILES string of the molecule is NC1CCN(S(=O)(=O)N2CCC(OCC#Cc3ccc4c(c3)CN(C3CCC(=O)NC3=O)C4=O)CC2)CC1. The maximum Gasteiger partial charge on any atom is 0.281 e. The zero-order valence-electron chi connectivity index (χ0n) is 21.2. The third-order valence-corrected chi connectivity index (χ3v) is 9.74. The van der Waals surface area contributed by atoms with Crippen molar-refractivity contribution in [3.63, 3.8) is 0 Å². The highest BCUT2D eigenvalue weighted by Gasteiger charge is 2.39. The van der Waals surface area contributed by atoms with Gasteiger partial charge in [0.15, 0.2) is 0 Å². The molecule has 0 spiro atoms. The van der Waals surface area contributed by atoms with E-state index in [-0.39, 0.29) is 37.0 Å². The molecule has 4 heterocycles. The zero-order chi connectivity index (χ0) is 26.9. The summed E-state index contributed by atoms with van der Waals surface area (Å²) in [5, 5.41) is 2.31. The molecule has 0 bridgehead atoms. The summed E-state index contributed by atoms with van der Waals surface area (Å²) >= 11 is 0. The number of carbonyl (C=O) groups is 3. The lowest BCUT2D eigenvalue weighted by Gasteiger charge is -2.37. The van der Waals surface area contributed by atoms with E-state index in [0.29, 0.717) is 70.4 Å². The Kier molecular flexibility index (Phi) is 7.83. The summed E-state index contributed by atoms with van der Waals surface area (Å²) in [7, 11) is -3.46. The van der Waals surface area contributed by atoms with Crippen LogP contribution in [0.3, 0.4) is 0 Å². The highest BCUT2D eigenvalue weighted by molar-refractivity contribution is 7.86. The number of amides is 3. The van der Waals surface area contributed by atoms with Gasteiger partial charge >= 0.3 is 0 Å². The molecule has 1 aromatic rings. The summed E-state index contributed by atoms with van der Waals surface area (Å²) in [4.78, 5) is 38.0. The average molecular weight is 544 g/mol. The lowest BCUT2D eigenvalue weighted by molar-refractivity contribution is -0.136. The highest BCUT2D eigenvalue weighted by atomic mass is 32.2.